The smallest absolute Gasteiger partial charge is 0.410 e. The summed E-state index contributed by atoms with van der Waals surface area (Å²) in [6.45, 7) is 11.3. The van der Waals surface area contributed by atoms with Gasteiger partial charge in [-0.1, -0.05) is 42.5 Å². The van der Waals surface area contributed by atoms with E-state index in [-0.39, 0.29) is 12.0 Å². The van der Waals surface area contributed by atoms with Crippen LogP contribution in [0.1, 0.15) is 31.1 Å². The number of carbonyl (C=O) groups is 2. The van der Waals surface area contributed by atoms with E-state index in [0.29, 0.717) is 49.8 Å². The standard InChI is InChI=1S/C34H42N6O4/c1-34(2,3)44-33(42)40-21-19-39(20-22-40)18-17-36-27-13-14-38-32-29(27)28(24-9-6-5-7-10-24)30(43-32)25-11-8-12-26(23-25)31(41)37-16-15-35-4/h5-14,23,35H,15-22H2,1-4H3,(H,36,38)(H,37,41). The molecule has 44 heavy (non-hydrogen) atoms. The van der Waals surface area contributed by atoms with Crippen LogP contribution >= 0.6 is 0 Å². The molecule has 1 fully saturated rings. The zero-order valence-electron chi connectivity index (χ0n) is 26.0. The molecule has 10 nitrogen and oxygen atoms in total. The fraction of sp³-hybridized carbons (Fsp3) is 0.382. The highest BCUT2D eigenvalue weighted by atomic mass is 16.6. The first kappa shape index (κ1) is 31.0. The van der Waals surface area contributed by atoms with E-state index < -0.39 is 5.60 Å². The van der Waals surface area contributed by atoms with Crippen LogP contribution in [0, 0.1) is 0 Å². The molecular formula is C34H42N6O4. The number of carbonyl (C=O) groups excluding carboxylic acids is 2. The maximum Gasteiger partial charge on any atom is 0.410 e. The number of fused-ring (bicyclic) bond motifs is 1. The molecule has 2 aromatic heterocycles. The van der Waals surface area contributed by atoms with Gasteiger partial charge in [-0.05, 0) is 51.6 Å². The lowest BCUT2D eigenvalue weighted by Crippen LogP contribution is -2.50. The summed E-state index contributed by atoms with van der Waals surface area (Å²) < 4.78 is 12.0. The molecule has 0 aliphatic carbocycles. The van der Waals surface area contributed by atoms with Crippen molar-refractivity contribution in [2.75, 3.05) is 64.7 Å². The van der Waals surface area contributed by atoms with E-state index in [4.69, 9.17) is 9.15 Å². The molecule has 10 heteroatoms. The Morgan fingerprint density at radius 1 is 0.932 bits per heavy atom. The number of furan rings is 1. The molecule has 0 radical (unpaired) electrons. The van der Waals surface area contributed by atoms with Crippen LogP contribution in [0.25, 0.3) is 33.6 Å². The third-order valence-electron chi connectivity index (χ3n) is 7.47. The van der Waals surface area contributed by atoms with Crippen LogP contribution in [0.3, 0.4) is 0 Å². The Morgan fingerprint density at radius 3 is 2.41 bits per heavy atom. The molecule has 1 saturated heterocycles. The van der Waals surface area contributed by atoms with Crippen molar-refractivity contribution in [3.8, 4) is 22.5 Å². The number of aromatic nitrogens is 1. The van der Waals surface area contributed by atoms with Crippen LogP contribution in [0.5, 0.6) is 0 Å². The van der Waals surface area contributed by atoms with Gasteiger partial charge in [0.25, 0.3) is 5.91 Å². The summed E-state index contributed by atoms with van der Waals surface area (Å²) in [5, 5.41) is 10.5. The number of hydrogen-bond acceptors (Lipinski definition) is 8. The summed E-state index contributed by atoms with van der Waals surface area (Å²) in [6, 6.07) is 19.6. The average molecular weight is 599 g/mol. The number of likely N-dealkylation sites (N-methyl/N-ethyl adjacent to an activating group) is 1. The van der Waals surface area contributed by atoms with Crippen molar-refractivity contribution < 1.29 is 18.7 Å². The van der Waals surface area contributed by atoms with Crippen molar-refractivity contribution >= 4 is 28.8 Å². The number of ether oxygens (including phenoxy) is 1. The minimum Gasteiger partial charge on any atom is -0.444 e. The molecule has 5 rings (SSSR count). The average Bonchev–Trinajstić information content (AvgIpc) is 3.42. The van der Waals surface area contributed by atoms with Gasteiger partial charge in [-0.2, -0.15) is 0 Å². The zero-order chi connectivity index (χ0) is 31.1. The predicted molar refractivity (Wildman–Crippen MR) is 174 cm³/mol. The second-order valence-electron chi connectivity index (χ2n) is 11.9. The van der Waals surface area contributed by atoms with Crippen LogP contribution in [0.15, 0.2) is 71.3 Å². The van der Waals surface area contributed by atoms with E-state index >= 15 is 0 Å². The summed E-state index contributed by atoms with van der Waals surface area (Å²) in [7, 11) is 1.85. The fourth-order valence-electron chi connectivity index (χ4n) is 5.29. The van der Waals surface area contributed by atoms with Crippen LogP contribution in [0.2, 0.25) is 0 Å². The minimum atomic E-state index is -0.497. The van der Waals surface area contributed by atoms with Crippen molar-refractivity contribution in [3.05, 3.63) is 72.4 Å². The Balaban J connectivity index is 1.35. The monoisotopic (exact) mass is 598 g/mol. The predicted octanol–water partition coefficient (Wildman–Crippen LogP) is 5.08. The van der Waals surface area contributed by atoms with Gasteiger partial charge in [0.05, 0.1) is 5.39 Å². The Bertz CT molecular complexity index is 1570. The lowest BCUT2D eigenvalue weighted by Gasteiger charge is -2.35. The number of nitrogens with zero attached hydrogens (tertiary/aromatic N) is 3. The van der Waals surface area contributed by atoms with Gasteiger partial charge in [0.1, 0.15) is 11.4 Å². The largest absolute Gasteiger partial charge is 0.444 e. The van der Waals surface area contributed by atoms with Crippen LogP contribution in [-0.4, -0.2) is 91.8 Å². The molecule has 232 valence electrons. The van der Waals surface area contributed by atoms with Gasteiger partial charge in [0.15, 0.2) is 0 Å². The second kappa shape index (κ2) is 13.9. The Labute approximate surface area is 258 Å². The first-order valence-corrected chi connectivity index (χ1v) is 15.2. The first-order chi connectivity index (χ1) is 21.2. The van der Waals surface area contributed by atoms with E-state index in [1.165, 1.54) is 0 Å². The molecule has 4 aromatic rings. The molecule has 1 aliphatic rings. The first-order valence-electron chi connectivity index (χ1n) is 15.2. The van der Waals surface area contributed by atoms with Gasteiger partial charge >= 0.3 is 6.09 Å². The molecule has 3 heterocycles. The zero-order valence-corrected chi connectivity index (χ0v) is 26.0. The van der Waals surface area contributed by atoms with Crippen molar-refractivity contribution in [2.24, 2.45) is 0 Å². The molecular weight excluding hydrogens is 556 g/mol. The molecule has 1 aliphatic heterocycles. The normalized spacial score (nSPS) is 14.0. The minimum absolute atomic E-state index is 0.133. The number of pyridine rings is 1. The third kappa shape index (κ3) is 7.56. The van der Waals surface area contributed by atoms with Crippen LogP contribution in [-0.2, 0) is 4.74 Å². The molecule has 3 N–H and O–H groups in total. The Hall–Kier alpha value is -4.41. The summed E-state index contributed by atoms with van der Waals surface area (Å²) in [5.74, 6) is 0.531. The van der Waals surface area contributed by atoms with Gasteiger partial charge in [-0.25, -0.2) is 9.78 Å². The van der Waals surface area contributed by atoms with Crippen molar-refractivity contribution in [3.63, 3.8) is 0 Å². The van der Waals surface area contributed by atoms with E-state index in [9.17, 15) is 9.59 Å². The van der Waals surface area contributed by atoms with Gasteiger partial charge in [0, 0.05) is 80.9 Å². The number of nitrogens with one attached hydrogen (secondary N) is 3. The maximum atomic E-state index is 12.8. The second-order valence-corrected chi connectivity index (χ2v) is 11.9. The number of benzene rings is 2. The number of amides is 2. The van der Waals surface area contributed by atoms with Gasteiger partial charge in [0.2, 0.25) is 5.71 Å². The number of piperazine rings is 1. The maximum absolute atomic E-state index is 12.8. The van der Waals surface area contributed by atoms with E-state index in [1.54, 1.807) is 11.1 Å². The van der Waals surface area contributed by atoms with Gasteiger partial charge in [-0.15, -0.1) is 0 Å². The highest BCUT2D eigenvalue weighted by molar-refractivity contribution is 6.07. The van der Waals surface area contributed by atoms with Gasteiger partial charge < -0.3 is 30.0 Å². The van der Waals surface area contributed by atoms with E-state index in [1.807, 2.05) is 76.3 Å². The van der Waals surface area contributed by atoms with Crippen LogP contribution in [0.4, 0.5) is 10.5 Å². The third-order valence-corrected chi connectivity index (χ3v) is 7.47. The van der Waals surface area contributed by atoms with Crippen molar-refractivity contribution in [1.29, 1.82) is 0 Å². The molecule has 0 bridgehead atoms. The summed E-state index contributed by atoms with van der Waals surface area (Å²) in [4.78, 5) is 34.0. The summed E-state index contributed by atoms with van der Waals surface area (Å²) in [6.07, 6.45) is 1.50. The molecule has 0 spiro atoms. The van der Waals surface area contributed by atoms with E-state index in [2.05, 4.69) is 38.0 Å². The summed E-state index contributed by atoms with van der Waals surface area (Å²) >= 11 is 0. The quantitative estimate of drug-likeness (QED) is 0.217. The van der Waals surface area contributed by atoms with Crippen LogP contribution < -0.4 is 16.0 Å². The Kier molecular flexibility index (Phi) is 9.82. The Morgan fingerprint density at radius 2 is 1.68 bits per heavy atom. The number of anilines is 1. The number of hydrogen-bond donors (Lipinski definition) is 3. The SMILES string of the molecule is CNCCNC(=O)c1cccc(-c2oc3nccc(NCCN4CCN(C(=O)OC(C)(C)C)CC4)c3c2-c2ccccc2)c1. The molecule has 0 saturated carbocycles. The highest BCUT2D eigenvalue weighted by Crippen LogP contribution is 2.43. The number of rotatable bonds is 10. The molecule has 2 aromatic carbocycles. The van der Waals surface area contributed by atoms with E-state index in [0.717, 1.165) is 47.4 Å². The molecule has 0 unspecified atom stereocenters. The van der Waals surface area contributed by atoms with Crippen molar-refractivity contribution in [2.45, 2.75) is 26.4 Å². The molecule has 2 amide bonds. The lowest BCUT2D eigenvalue weighted by atomic mass is 9.97. The van der Waals surface area contributed by atoms with Crippen molar-refractivity contribution in [1.82, 2.24) is 25.4 Å². The fourth-order valence-corrected chi connectivity index (χ4v) is 5.29. The lowest BCUT2D eigenvalue weighted by molar-refractivity contribution is 0.0148. The topological polar surface area (TPSA) is 112 Å². The highest BCUT2D eigenvalue weighted by Gasteiger charge is 2.26. The summed E-state index contributed by atoms with van der Waals surface area (Å²) in [5.41, 5.74) is 4.25. The molecule has 0 atom stereocenters. The van der Waals surface area contributed by atoms with Gasteiger partial charge in [-0.3, -0.25) is 9.69 Å².